The number of rotatable bonds is 4. The second kappa shape index (κ2) is 6.70. The van der Waals surface area contributed by atoms with Gasteiger partial charge in [-0.3, -0.25) is 9.69 Å². The fourth-order valence-corrected chi connectivity index (χ4v) is 3.43. The van der Waals surface area contributed by atoms with Crippen molar-refractivity contribution >= 4 is 28.8 Å². The summed E-state index contributed by atoms with van der Waals surface area (Å²) in [5.41, 5.74) is 0. The molecular weight excluding hydrogens is 282 g/mol. The van der Waals surface area contributed by atoms with Gasteiger partial charge in [-0.1, -0.05) is 11.6 Å². The number of hydrogen-bond donors (Lipinski definition) is 1. The van der Waals surface area contributed by atoms with Crippen LogP contribution in [0.1, 0.15) is 11.8 Å². The fourth-order valence-electron chi connectivity index (χ4n) is 2.29. The lowest BCUT2D eigenvalue weighted by Crippen LogP contribution is -2.52. The first-order valence-electron chi connectivity index (χ1n) is 6.52. The van der Waals surface area contributed by atoms with Gasteiger partial charge in [0.1, 0.15) is 0 Å². The van der Waals surface area contributed by atoms with Crippen LogP contribution < -0.4 is 5.32 Å². The number of amides is 1. The van der Waals surface area contributed by atoms with E-state index in [0.717, 1.165) is 35.4 Å². The van der Waals surface area contributed by atoms with Crippen LogP contribution in [0.25, 0.3) is 0 Å². The van der Waals surface area contributed by atoms with Crippen LogP contribution >= 0.6 is 22.9 Å². The van der Waals surface area contributed by atoms with Crippen molar-refractivity contribution in [3.05, 3.63) is 21.3 Å². The molecule has 1 aromatic rings. The molecule has 1 N–H and O–H groups in total. The summed E-state index contributed by atoms with van der Waals surface area (Å²) in [5, 5.41) is 3.30. The quantitative estimate of drug-likeness (QED) is 0.918. The van der Waals surface area contributed by atoms with Gasteiger partial charge in [-0.2, -0.15) is 0 Å². The Hall–Kier alpha value is -0.620. The molecule has 1 fully saturated rings. The number of hydrogen-bond acceptors (Lipinski definition) is 4. The third-order valence-electron chi connectivity index (χ3n) is 3.45. The van der Waals surface area contributed by atoms with Crippen LogP contribution in [0, 0.1) is 0 Å². The van der Waals surface area contributed by atoms with Crippen molar-refractivity contribution in [2.75, 3.05) is 33.2 Å². The smallest absolute Gasteiger partial charge is 0.239 e. The molecule has 0 radical (unpaired) electrons. The van der Waals surface area contributed by atoms with Crippen molar-refractivity contribution in [3.63, 3.8) is 0 Å². The maximum absolute atomic E-state index is 12.4. The van der Waals surface area contributed by atoms with Crippen molar-refractivity contribution in [1.29, 1.82) is 0 Å². The molecule has 1 unspecified atom stereocenters. The van der Waals surface area contributed by atoms with E-state index in [0.29, 0.717) is 6.54 Å². The molecule has 2 heterocycles. The normalized spacial score (nSPS) is 18.3. The number of likely N-dealkylation sites (N-methyl/N-ethyl adjacent to an activating group) is 1. The van der Waals surface area contributed by atoms with Gasteiger partial charge < -0.3 is 10.2 Å². The maximum atomic E-state index is 12.4. The van der Waals surface area contributed by atoms with Crippen molar-refractivity contribution in [3.8, 4) is 0 Å². The van der Waals surface area contributed by atoms with E-state index in [1.54, 1.807) is 4.90 Å². The number of carbonyl (C=O) groups excluding carboxylic acids is 1. The molecule has 1 atom stereocenters. The Balaban J connectivity index is 1.90. The lowest BCUT2D eigenvalue weighted by Gasteiger charge is -2.33. The van der Waals surface area contributed by atoms with Gasteiger partial charge in [-0.25, -0.2) is 0 Å². The molecule has 1 aromatic heterocycles. The highest BCUT2D eigenvalue weighted by Crippen LogP contribution is 2.22. The molecule has 1 amide bonds. The topological polar surface area (TPSA) is 35.6 Å². The minimum absolute atomic E-state index is 0.0532. The number of thiophene rings is 1. The van der Waals surface area contributed by atoms with Crippen LogP contribution in [0.3, 0.4) is 0 Å². The van der Waals surface area contributed by atoms with Crippen molar-refractivity contribution in [1.82, 2.24) is 15.1 Å². The second-order valence-corrected chi connectivity index (χ2v) is 6.66. The molecule has 0 spiro atoms. The van der Waals surface area contributed by atoms with Crippen molar-refractivity contribution in [2.24, 2.45) is 0 Å². The average molecular weight is 302 g/mol. The number of carbonyl (C=O) groups is 1. The molecule has 0 saturated carbocycles. The van der Waals surface area contributed by atoms with E-state index in [-0.39, 0.29) is 11.9 Å². The molecule has 1 aliphatic rings. The van der Waals surface area contributed by atoms with Crippen LogP contribution in [-0.2, 0) is 11.3 Å². The van der Waals surface area contributed by atoms with E-state index in [2.05, 4.69) is 10.2 Å². The van der Waals surface area contributed by atoms with Gasteiger partial charge >= 0.3 is 0 Å². The first-order chi connectivity index (χ1) is 9.08. The van der Waals surface area contributed by atoms with Gasteiger partial charge in [0.2, 0.25) is 5.91 Å². The van der Waals surface area contributed by atoms with Crippen LogP contribution in [-0.4, -0.2) is 55.0 Å². The summed E-state index contributed by atoms with van der Waals surface area (Å²) in [6, 6.07) is 3.80. The number of nitrogens with one attached hydrogen (secondary N) is 1. The fraction of sp³-hybridized carbons (Fsp3) is 0.615. The van der Waals surface area contributed by atoms with E-state index in [1.807, 2.05) is 26.1 Å². The Morgan fingerprint density at radius 3 is 2.79 bits per heavy atom. The van der Waals surface area contributed by atoms with E-state index in [9.17, 15) is 4.79 Å². The molecule has 1 saturated heterocycles. The Labute approximate surface area is 123 Å². The van der Waals surface area contributed by atoms with E-state index >= 15 is 0 Å². The van der Waals surface area contributed by atoms with Crippen LogP contribution in [0.5, 0.6) is 0 Å². The number of halogens is 1. The Bertz CT molecular complexity index is 431. The zero-order valence-corrected chi connectivity index (χ0v) is 12.9. The van der Waals surface area contributed by atoms with E-state index < -0.39 is 0 Å². The molecule has 0 aliphatic carbocycles. The first kappa shape index (κ1) is 14.8. The third kappa shape index (κ3) is 3.92. The standard InChI is InChI=1S/C13H20ClN3OS/c1-10(17-7-5-15-6-8-17)13(18)16(2)9-11-3-4-12(14)19-11/h3-4,10,15H,5-9H2,1-2H3. The van der Waals surface area contributed by atoms with E-state index in [4.69, 9.17) is 11.6 Å². The van der Waals surface area contributed by atoms with Crippen molar-refractivity contribution in [2.45, 2.75) is 19.5 Å². The molecule has 1 aliphatic heterocycles. The van der Waals surface area contributed by atoms with Gasteiger partial charge in [0, 0.05) is 38.1 Å². The largest absolute Gasteiger partial charge is 0.339 e. The third-order valence-corrected chi connectivity index (χ3v) is 4.67. The lowest BCUT2D eigenvalue weighted by molar-refractivity contribution is -0.135. The van der Waals surface area contributed by atoms with Gasteiger partial charge in [-0.05, 0) is 19.1 Å². The van der Waals surface area contributed by atoms with Crippen molar-refractivity contribution < 1.29 is 4.79 Å². The molecule has 2 rings (SSSR count). The summed E-state index contributed by atoms with van der Waals surface area (Å²) in [7, 11) is 1.86. The summed E-state index contributed by atoms with van der Waals surface area (Å²) in [6.45, 7) is 6.42. The van der Waals surface area contributed by atoms with E-state index in [1.165, 1.54) is 11.3 Å². The van der Waals surface area contributed by atoms with Crippen LogP contribution in [0.2, 0.25) is 4.34 Å². The highest BCUT2D eigenvalue weighted by atomic mass is 35.5. The number of nitrogens with zero attached hydrogens (tertiary/aromatic N) is 2. The summed E-state index contributed by atoms with van der Waals surface area (Å²) >= 11 is 7.44. The second-order valence-electron chi connectivity index (χ2n) is 4.86. The molecule has 106 valence electrons. The summed E-state index contributed by atoms with van der Waals surface area (Å²) in [5.74, 6) is 0.173. The summed E-state index contributed by atoms with van der Waals surface area (Å²) in [6.07, 6.45) is 0. The Morgan fingerprint density at radius 1 is 1.53 bits per heavy atom. The molecule has 4 nitrogen and oxygen atoms in total. The highest BCUT2D eigenvalue weighted by Gasteiger charge is 2.25. The Morgan fingerprint density at radius 2 is 2.21 bits per heavy atom. The van der Waals surface area contributed by atoms with Crippen LogP contribution in [0.4, 0.5) is 0 Å². The minimum atomic E-state index is -0.0532. The van der Waals surface area contributed by atoms with Gasteiger partial charge in [0.05, 0.1) is 16.9 Å². The highest BCUT2D eigenvalue weighted by molar-refractivity contribution is 7.16. The minimum Gasteiger partial charge on any atom is -0.339 e. The van der Waals surface area contributed by atoms with Gasteiger partial charge in [0.15, 0.2) is 0 Å². The zero-order chi connectivity index (χ0) is 13.8. The SMILES string of the molecule is CC(C(=O)N(C)Cc1ccc(Cl)s1)N1CCNCC1. The molecule has 0 bridgehead atoms. The summed E-state index contributed by atoms with van der Waals surface area (Å²) < 4.78 is 0.769. The number of piperazine rings is 1. The monoisotopic (exact) mass is 301 g/mol. The molecule has 6 heteroatoms. The first-order valence-corrected chi connectivity index (χ1v) is 7.71. The molecule has 19 heavy (non-hydrogen) atoms. The predicted octanol–water partition coefficient (Wildman–Crippen LogP) is 1.65. The maximum Gasteiger partial charge on any atom is 0.239 e. The molecular formula is C13H20ClN3OS. The van der Waals surface area contributed by atoms with Crippen LogP contribution in [0.15, 0.2) is 12.1 Å². The average Bonchev–Trinajstić information content (AvgIpc) is 2.83. The van der Waals surface area contributed by atoms with Gasteiger partial charge in [-0.15, -0.1) is 11.3 Å². The molecule has 0 aromatic carbocycles. The zero-order valence-electron chi connectivity index (χ0n) is 11.4. The van der Waals surface area contributed by atoms with Gasteiger partial charge in [0.25, 0.3) is 0 Å². The lowest BCUT2D eigenvalue weighted by atomic mass is 10.2. The Kier molecular flexibility index (Phi) is 5.21. The summed E-state index contributed by atoms with van der Waals surface area (Å²) in [4.78, 5) is 17.5. The predicted molar refractivity (Wildman–Crippen MR) is 79.7 cm³/mol.